The molecule has 2 atom stereocenters. The zero-order valence-corrected chi connectivity index (χ0v) is 14.9. The Balaban J connectivity index is 2.31. The van der Waals surface area contributed by atoms with E-state index in [4.69, 9.17) is 0 Å². The van der Waals surface area contributed by atoms with Gasteiger partial charge in [-0.2, -0.15) is 4.31 Å². The van der Waals surface area contributed by atoms with Crippen LogP contribution < -0.4 is 0 Å². The van der Waals surface area contributed by atoms with Crippen molar-refractivity contribution in [3.05, 3.63) is 24.3 Å². The highest BCUT2D eigenvalue weighted by molar-refractivity contribution is 7.98. The maximum atomic E-state index is 13.0. The van der Waals surface area contributed by atoms with E-state index in [1.54, 1.807) is 23.9 Å². The van der Waals surface area contributed by atoms with Crippen molar-refractivity contribution in [3.63, 3.8) is 0 Å². The first kappa shape index (κ1) is 17.8. The van der Waals surface area contributed by atoms with Crippen LogP contribution in [-0.4, -0.2) is 42.8 Å². The standard InChI is InChI=1S/C16H25NO3S2/c1-3-12-17(15-6-4-5-7-16(15)18)22(19,20)14-10-8-13(21-2)9-11-14/h8-11,15-16,18H,3-7,12H2,1-2H3/t15-,16+/m1/s1. The quantitative estimate of drug-likeness (QED) is 0.806. The Labute approximate surface area is 138 Å². The summed E-state index contributed by atoms with van der Waals surface area (Å²) in [6, 6.07) is 6.70. The van der Waals surface area contributed by atoms with E-state index in [2.05, 4.69) is 0 Å². The van der Waals surface area contributed by atoms with E-state index in [1.807, 2.05) is 25.3 Å². The summed E-state index contributed by atoms with van der Waals surface area (Å²) in [6.45, 7) is 2.42. The van der Waals surface area contributed by atoms with E-state index in [0.717, 1.165) is 30.6 Å². The average Bonchev–Trinajstić information content (AvgIpc) is 2.53. The number of rotatable bonds is 6. The van der Waals surface area contributed by atoms with E-state index in [0.29, 0.717) is 17.9 Å². The summed E-state index contributed by atoms with van der Waals surface area (Å²) in [5.74, 6) is 0. The Morgan fingerprint density at radius 1 is 1.23 bits per heavy atom. The number of sulfonamides is 1. The highest BCUT2D eigenvalue weighted by Gasteiger charge is 2.36. The minimum absolute atomic E-state index is 0.293. The topological polar surface area (TPSA) is 57.6 Å². The third-order valence-electron chi connectivity index (χ3n) is 4.17. The second-order valence-corrected chi connectivity index (χ2v) is 8.48. The maximum Gasteiger partial charge on any atom is 0.243 e. The predicted molar refractivity (Wildman–Crippen MR) is 90.7 cm³/mol. The molecule has 0 spiro atoms. The van der Waals surface area contributed by atoms with Crippen LogP contribution in [0.25, 0.3) is 0 Å². The highest BCUT2D eigenvalue weighted by Crippen LogP contribution is 2.29. The lowest BCUT2D eigenvalue weighted by atomic mass is 9.92. The fourth-order valence-corrected chi connectivity index (χ4v) is 5.18. The number of hydrogen-bond acceptors (Lipinski definition) is 4. The first-order chi connectivity index (χ1) is 10.5. The van der Waals surface area contributed by atoms with Gasteiger partial charge in [-0.1, -0.05) is 19.8 Å². The fourth-order valence-electron chi connectivity index (χ4n) is 3.00. The minimum Gasteiger partial charge on any atom is -0.391 e. The summed E-state index contributed by atoms with van der Waals surface area (Å²) in [5.41, 5.74) is 0. The highest BCUT2D eigenvalue weighted by atomic mass is 32.2. The van der Waals surface area contributed by atoms with E-state index >= 15 is 0 Å². The molecule has 6 heteroatoms. The Kier molecular flexibility index (Phi) is 6.32. The fraction of sp³-hybridized carbons (Fsp3) is 0.625. The molecule has 1 aliphatic carbocycles. The lowest BCUT2D eigenvalue weighted by Crippen LogP contribution is -2.48. The molecule has 0 radical (unpaired) electrons. The van der Waals surface area contributed by atoms with Gasteiger partial charge in [-0.3, -0.25) is 0 Å². The summed E-state index contributed by atoms with van der Waals surface area (Å²) < 4.78 is 27.5. The molecule has 0 bridgehead atoms. The number of thioether (sulfide) groups is 1. The summed E-state index contributed by atoms with van der Waals surface area (Å²) in [5, 5.41) is 10.2. The van der Waals surface area contributed by atoms with Gasteiger partial charge in [-0.25, -0.2) is 8.42 Å². The van der Waals surface area contributed by atoms with Crippen LogP contribution in [0.2, 0.25) is 0 Å². The predicted octanol–water partition coefficient (Wildman–Crippen LogP) is 3.11. The van der Waals surface area contributed by atoms with E-state index < -0.39 is 16.1 Å². The molecule has 1 aliphatic rings. The Hall–Kier alpha value is -0.560. The largest absolute Gasteiger partial charge is 0.391 e. The number of benzene rings is 1. The van der Waals surface area contributed by atoms with Crippen LogP contribution >= 0.6 is 11.8 Å². The lowest BCUT2D eigenvalue weighted by molar-refractivity contribution is 0.0557. The smallest absolute Gasteiger partial charge is 0.243 e. The van der Waals surface area contributed by atoms with Gasteiger partial charge in [0.15, 0.2) is 0 Å². The molecule has 124 valence electrons. The summed E-state index contributed by atoms with van der Waals surface area (Å²) in [7, 11) is -3.56. The molecule has 0 aromatic heterocycles. The van der Waals surface area contributed by atoms with Gasteiger partial charge < -0.3 is 5.11 Å². The number of aliphatic hydroxyl groups excluding tert-OH is 1. The molecule has 0 unspecified atom stereocenters. The Bertz CT molecular complexity index is 572. The maximum absolute atomic E-state index is 13.0. The number of nitrogens with zero attached hydrogens (tertiary/aromatic N) is 1. The molecule has 1 fully saturated rings. The first-order valence-corrected chi connectivity index (χ1v) is 10.5. The van der Waals surface area contributed by atoms with Gasteiger partial charge in [-0.15, -0.1) is 11.8 Å². The van der Waals surface area contributed by atoms with E-state index in [-0.39, 0.29) is 6.04 Å². The molecule has 0 amide bonds. The molecule has 2 rings (SSSR count). The summed E-state index contributed by atoms with van der Waals surface area (Å²) >= 11 is 1.59. The molecule has 0 saturated heterocycles. The second kappa shape index (κ2) is 7.81. The first-order valence-electron chi connectivity index (χ1n) is 7.84. The van der Waals surface area contributed by atoms with Crippen LogP contribution in [0.1, 0.15) is 39.0 Å². The third-order valence-corrected chi connectivity index (χ3v) is 6.86. The van der Waals surface area contributed by atoms with Crippen molar-refractivity contribution in [2.75, 3.05) is 12.8 Å². The molecule has 1 aromatic rings. The van der Waals surface area contributed by atoms with Crippen LogP contribution in [0.3, 0.4) is 0 Å². The molecule has 0 aliphatic heterocycles. The van der Waals surface area contributed by atoms with Gasteiger partial charge in [0.05, 0.1) is 17.0 Å². The number of hydrogen-bond donors (Lipinski definition) is 1. The second-order valence-electron chi connectivity index (χ2n) is 5.71. The van der Waals surface area contributed by atoms with Crippen molar-refractivity contribution in [3.8, 4) is 0 Å². The monoisotopic (exact) mass is 343 g/mol. The van der Waals surface area contributed by atoms with Crippen LogP contribution in [0, 0.1) is 0 Å². The van der Waals surface area contributed by atoms with Crippen molar-refractivity contribution in [2.45, 2.75) is 61.0 Å². The van der Waals surface area contributed by atoms with Crippen LogP contribution in [-0.2, 0) is 10.0 Å². The molecule has 1 N–H and O–H groups in total. The lowest BCUT2D eigenvalue weighted by Gasteiger charge is -2.36. The zero-order valence-electron chi connectivity index (χ0n) is 13.2. The number of aliphatic hydroxyl groups is 1. The van der Waals surface area contributed by atoms with Crippen molar-refractivity contribution >= 4 is 21.8 Å². The third kappa shape index (κ3) is 3.85. The van der Waals surface area contributed by atoms with Crippen molar-refractivity contribution < 1.29 is 13.5 Å². The molecular formula is C16H25NO3S2. The van der Waals surface area contributed by atoms with Crippen LogP contribution in [0.5, 0.6) is 0 Å². The molecule has 1 saturated carbocycles. The van der Waals surface area contributed by atoms with Crippen molar-refractivity contribution in [2.24, 2.45) is 0 Å². The molecular weight excluding hydrogens is 318 g/mol. The van der Waals surface area contributed by atoms with Gasteiger partial charge in [0.1, 0.15) is 0 Å². The summed E-state index contributed by atoms with van der Waals surface area (Å²) in [4.78, 5) is 1.36. The Morgan fingerprint density at radius 2 is 1.86 bits per heavy atom. The van der Waals surface area contributed by atoms with Gasteiger partial charge in [0, 0.05) is 11.4 Å². The minimum atomic E-state index is -3.56. The van der Waals surface area contributed by atoms with Crippen molar-refractivity contribution in [1.29, 1.82) is 0 Å². The van der Waals surface area contributed by atoms with Gasteiger partial charge in [-0.05, 0) is 49.8 Å². The SMILES string of the molecule is CCCN([C@@H]1CCCC[C@@H]1O)S(=O)(=O)c1ccc(SC)cc1. The van der Waals surface area contributed by atoms with Crippen molar-refractivity contribution in [1.82, 2.24) is 4.31 Å². The van der Waals surface area contributed by atoms with Gasteiger partial charge >= 0.3 is 0 Å². The molecule has 1 aromatic carbocycles. The van der Waals surface area contributed by atoms with E-state index in [1.165, 1.54) is 4.31 Å². The van der Waals surface area contributed by atoms with Crippen LogP contribution in [0.4, 0.5) is 0 Å². The average molecular weight is 344 g/mol. The van der Waals surface area contributed by atoms with E-state index in [9.17, 15) is 13.5 Å². The Morgan fingerprint density at radius 3 is 2.41 bits per heavy atom. The molecule has 22 heavy (non-hydrogen) atoms. The molecule has 0 heterocycles. The van der Waals surface area contributed by atoms with Gasteiger partial charge in [0.2, 0.25) is 10.0 Å². The zero-order chi connectivity index (χ0) is 16.2. The van der Waals surface area contributed by atoms with Gasteiger partial charge in [0.25, 0.3) is 0 Å². The van der Waals surface area contributed by atoms with Crippen LogP contribution in [0.15, 0.2) is 34.1 Å². The summed E-state index contributed by atoms with van der Waals surface area (Å²) in [6.07, 6.45) is 5.52. The normalized spacial score (nSPS) is 22.9. The molecule has 4 nitrogen and oxygen atoms in total.